The van der Waals surface area contributed by atoms with E-state index in [0.29, 0.717) is 11.5 Å². The van der Waals surface area contributed by atoms with Gasteiger partial charge in [0.2, 0.25) is 0 Å². The Morgan fingerprint density at radius 2 is 2.12 bits per heavy atom. The van der Waals surface area contributed by atoms with Crippen LogP contribution < -0.4 is 10.6 Å². The maximum atomic E-state index is 6.06. The van der Waals surface area contributed by atoms with Gasteiger partial charge in [-0.3, -0.25) is 9.55 Å². The maximum Gasteiger partial charge on any atom is 0.163 e. The monoisotopic (exact) mass is 336 g/mol. The number of aromatic nitrogens is 6. The summed E-state index contributed by atoms with van der Waals surface area (Å²) in [5, 5.41) is 8.41. The van der Waals surface area contributed by atoms with Crippen molar-refractivity contribution in [2.24, 2.45) is 0 Å². The molecule has 4 rings (SSSR count). The number of rotatable bonds is 3. The summed E-state index contributed by atoms with van der Waals surface area (Å²) in [7, 11) is 0. The van der Waals surface area contributed by atoms with E-state index >= 15 is 0 Å². The molecule has 1 atom stereocenters. The number of nitrogen functional groups attached to an aromatic ring is 1. The Balaban J connectivity index is 1.94. The third-order valence-corrected chi connectivity index (χ3v) is 4.50. The molecule has 128 valence electrons. The van der Waals surface area contributed by atoms with Gasteiger partial charge in [-0.15, -0.1) is 10.2 Å². The predicted octanol–water partition coefficient (Wildman–Crippen LogP) is 2.38. The Labute approximate surface area is 145 Å². The Bertz CT molecular complexity index is 917. The van der Waals surface area contributed by atoms with Crippen molar-refractivity contribution in [1.82, 2.24) is 29.7 Å². The minimum Gasteiger partial charge on any atom is -0.397 e. The standard InChI is InChI=1S/C17H20N8/c1-4-13-17-23-21-9-24(17)14-8-20-15(11-5-6-19-7-12(11)18)22-16(14)25(13)10(2)3/h5-10,13H,4,18H2,1-3H3/t13-/m1/s1. The van der Waals surface area contributed by atoms with E-state index in [-0.39, 0.29) is 12.1 Å². The summed E-state index contributed by atoms with van der Waals surface area (Å²) in [6.07, 6.45) is 7.75. The molecule has 0 aliphatic carbocycles. The number of hydrogen-bond acceptors (Lipinski definition) is 7. The van der Waals surface area contributed by atoms with Gasteiger partial charge in [-0.1, -0.05) is 6.92 Å². The molecule has 0 saturated heterocycles. The lowest BCUT2D eigenvalue weighted by molar-refractivity contribution is 0.497. The van der Waals surface area contributed by atoms with E-state index < -0.39 is 0 Å². The highest BCUT2D eigenvalue weighted by molar-refractivity contribution is 5.73. The van der Waals surface area contributed by atoms with Crippen molar-refractivity contribution in [3.05, 3.63) is 36.8 Å². The third-order valence-electron chi connectivity index (χ3n) is 4.50. The van der Waals surface area contributed by atoms with Gasteiger partial charge < -0.3 is 10.6 Å². The molecule has 0 spiro atoms. The first kappa shape index (κ1) is 15.5. The van der Waals surface area contributed by atoms with Crippen LogP contribution in [0, 0.1) is 0 Å². The molecule has 3 aromatic rings. The molecule has 0 fully saturated rings. The third kappa shape index (κ3) is 2.33. The molecule has 0 aromatic carbocycles. The van der Waals surface area contributed by atoms with E-state index in [2.05, 4.69) is 45.8 Å². The van der Waals surface area contributed by atoms with Crippen LogP contribution in [0.15, 0.2) is 31.0 Å². The molecule has 8 nitrogen and oxygen atoms in total. The molecule has 0 saturated carbocycles. The molecule has 1 aliphatic rings. The summed E-state index contributed by atoms with van der Waals surface area (Å²) in [5.74, 6) is 2.38. The summed E-state index contributed by atoms with van der Waals surface area (Å²) >= 11 is 0. The van der Waals surface area contributed by atoms with Crippen LogP contribution in [0.1, 0.15) is 39.1 Å². The average Bonchev–Trinajstić information content (AvgIpc) is 3.09. The topological polar surface area (TPSA) is 98.6 Å². The normalized spacial score (nSPS) is 16.0. The molecule has 1 aliphatic heterocycles. The zero-order valence-electron chi connectivity index (χ0n) is 14.5. The van der Waals surface area contributed by atoms with Crippen molar-refractivity contribution in [2.75, 3.05) is 10.6 Å². The maximum absolute atomic E-state index is 6.06. The molecular formula is C17H20N8. The van der Waals surface area contributed by atoms with Crippen LogP contribution in [0.25, 0.3) is 17.1 Å². The molecule has 0 amide bonds. The van der Waals surface area contributed by atoms with Gasteiger partial charge >= 0.3 is 0 Å². The number of hydrogen-bond donors (Lipinski definition) is 1. The lowest BCUT2D eigenvalue weighted by Gasteiger charge is -2.39. The van der Waals surface area contributed by atoms with Gasteiger partial charge in [-0.2, -0.15) is 0 Å². The van der Waals surface area contributed by atoms with Gasteiger partial charge in [0.05, 0.1) is 24.1 Å². The van der Waals surface area contributed by atoms with Crippen molar-refractivity contribution in [2.45, 2.75) is 39.3 Å². The highest BCUT2D eigenvalue weighted by atomic mass is 15.4. The van der Waals surface area contributed by atoms with Crippen LogP contribution in [0.3, 0.4) is 0 Å². The van der Waals surface area contributed by atoms with Crippen LogP contribution in [-0.2, 0) is 0 Å². The minimum absolute atomic E-state index is 0.118. The summed E-state index contributed by atoms with van der Waals surface area (Å²) < 4.78 is 1.97. The lowest BCUT2D eigenvalue weighted by atomic mass is 10.1. The van der Waals surface area contributed by atoms with Gasteiger partial charge in [0.25, 0.3) is 0 Å². The van der Waals surface area contributed by atoms with E-state index in [4.69, 9.17) is 10.7 Å². The predicted molar refractivity (Wildman–Crippen MR) is 95.2 cm³/mol. The average molecular weight is 336 g/mol. The molecular weight excluding hydrogens is 316 g/mol. The van der Waals surface area contributed by atoms with Gasteiger partial charge in [0.15, 0.2) is 17.5 Å². The molecule has 25 heavy (non-hydrogen) atoms. The van der Waals surface area contributed by atoms with Crippen molar-refractivity contribution >= 4 is 11.5 Å². The molecule has 0 unspecified atom stereocenters. The van der Waals surface area contributed by atoms with Gasteiger partial charge in [0, 0.05) is 17.8 Å². The van der Waals surface area contributed by atoms with Crippen molar-refractivity contribution in [1.29, 1.82) is 0 Å². The Kier molecular flexibility index (Phi) is 3.60. The van der Waals surface area contributed by atoms with Gasteiger partial charge in [-0.05, 0) is 26.3 Å². The molecule has 4 heterocycles. The fraction of sp³-hybridized carbons (Fsp3) is 0.353. The van der Waals surface area contributed by atoms with Crippen LogP contribution in [-0.4, -0.2) is 35.8 Å². The number of fused-ring (bicyclic) bond motifs is 3. The van der Waals surface area contributed by atoms with E-state index in [9.17, 15) is 0 Å². The van der Waals surface area contributed by atoms with Gasteiger partial charge in [0.1, 0.15) is 12.0 Å². The smallest absolute Gasteiger partial charge is 0.163 e. The zero-order valence-corrected chi connectivity index (χ0v) is 14.5. The first-order chi connectivity index (χ1) is 12.1. The van der Waals surface area contributed by atoms with E-state index in [1.165, 1.54) is 0 Å². The highest BCUT2D eigenvalue weighted by Gasteiger charge is 2.35. The summed E-state index contributed by atoms with van der Waals surface area (Å²) in [5.41, 5.74) is 8.28. The van der Waals surface area contributed by atoms with Crippen molar-refractivity contribution in [3.8, 4) is 17.1 Å². The van der Waals surface area contributed by atoms with Crippen molar-refractivity contribution in [3.63, 3.8) is 0 Å². The van der Waals surface area contributed by atoms with Crippen LogP contribution in [0.4, 0.5) is 11.5 Å². The van der Waals surface area contributed by atoms with Gasteiger partial charge in [-0.25, -0.2) is 9.97 Å². The Morgan fingerprint density at radius 1 is 1.28 bits per heavy atom. The number of nitrogens with two attached hydrogens (primary N) is 1. The SMILES string of the molecule is CC[C@@H]1c2nncn2-c2cnc(-c3ccncc3N)nc2N1C(C)C. The molecule has 0 bridgehead atoms. The number of nitrogens with zero attached hydrogens (tertiary/aromatic N) is 7. The largest absolute Gasteiger partial charge is 0.397 e. The fourth-order valence-corrected chi connectivity index (χ4v) is 3.38. The molecule has 3 aromatic heterocycles. The van der Waals surface area contributed by atoms with E-state index in [1.54, 1.807) is 18.7 Å². The second-order valence-electron chi connectivity index (χ2n) is 6.35. The molecule has 8 heteroatoms. The first-order valence-electron chi connectivity index (χ1n) is 8.37. The zero-order chi connectivity index (χ0) is 17.6. The van der Waals surface area contributed by atoms with E-state index in [0.717, 1.165) is 29.3 Å². The van der Waals surface area contributed by atoms with Crippen molar-refractivity contribution < 1.29 is 0 Å². The summed E-state index contributed by atoms with van der Waals surface area (Å²) in [4.78, 5) is 15.7. The lowest BCUT2D eigenvalue weighted by Crippen LogP contribution is -2.40. The first-order valence-corrected chi connectivity index (χ1v) is 8.37. The molecule has 2 N–H and O–H groups in total. The number of anilines is 2. The molecule has 0 radical (unpaired) electrons. The van der Waals surface area contributed by atoms with Crippen LogP contribution in [0.2, 0.25) is 0 Å². The second kappa shape index (κ2) is 5.80. The second-order valence-corrected chi connectivity index (χ2v) is 6.35. The minimum atomic E-state index is 0.118. The quantitative estimate of drug-likeness (QED) is 0.784. The highest BCUT2D eigenvalue weighted by Crippen LogP contribution is 2.39. The Hall–Kier alpha value is -3.03. The summed E-state index contributed by atoms with van der Waals surface area (Å²) in [6, 6.07) is 2.21. The summed E-state index contributed by atoms with van der Waals surface area (Å²) in [6.45, 7) is 6.45. The fourth-order valence-electron chi connectivity index (χ4n) is 3.38. The number of pyridine rings is 1. The van der Waals surface area contributed by atoms with Crippen LogP contribution >= 0.6 is 0 Å². The van der Waals surface area contributed by atoms with Crippen LogP contribution in [0.5, 0.6) is 0 Å². The van der Waals surface area contributed by atoms with E-state index in [1.807, 2.05) is 16.8 Å². The Morgan fingerprint density at radius 3 is 2.84 bits per heavy atom.